The van der Waals surface area contributed by atoms with Crippen molar-refractivity contribution >= 4 is 29.1 Å². The van der Waals surface area contributed by atoms with Crippen molar-refractivity contribution in [2.24, 2.45) is 0 Å². The zero-order valence-corrected chi connectivity index (χ0v) is 23.2. The van der Waals surface area contributed by atoms with Gasteiger partial charge in [-0.2, -0.15) is 26.3 Å². The summed E-state index contributed by atoms with van der Waals surface area (Å²) in [4.78, 5) is 18.0. The molecule has 2 aromatic rings. The number of likely N-dealkylation sites (N-methyl/N-ethyl adjacent to an activating group) is 1. The molecule has 2 saturated heterocycles. The number of rotatable bonds is 6. The van der Waals surface area contributed by atoms with E-state index >= 15 is 0 Å². The van der Waals surface area contributed by atoms with Crippen LogP contribution in [-0.2, 0) is 27.4 Å². The summed E-state index contributed by atoms with van der Waals surface area (Å²) in [5, 5.41) is 2.80. The molecule has 2 aliphatic rings. The molecule has 0 radical (unpaired) electrons. The van der Waals surface area contributed by atoms with Crippen LogP contribution in [0.4, 0.5) is 26.3 Å². The van der Waals surface area contributed by atoms with E-state index in [1.54, 1.807) is 11.8 Å². The highest BCUT2D eigenvalue weighted by molar-refractivity contribution is 6.42. The summed E-state index contributed by atoms with van der Waals surface area (Å²) in [5.41, 5.74) is -5.40. The van der Waals surface area contributed by atoms with Gasteiger partial charge < -0.3 is 10.1 Å². The number of morpholine rings is 1. The van der Waals surface area contributed by atoms with Gasteiger partial charge in [0.15, 0.2) is 5.54 Å². The second-order valence-electron chi connectivity index (χ2n) is 9.86. The molecule has 0 bridgehead atoms. The topological polar surface area (TPSA) is 44.8 Å². The molecule has 220 valence electrons. The van der Waals surface area contributed by atoms with Crippen LogP contribution < -0.4 is 5.32 Å². The average Bonchev–Trinajstić information content (AvgIpc) is 2.91. The molecular weight excluding hydrogens is 583 g/mol. The van der Waals surface area contributed by atoms with Crippen LogP contribution in [0.15, 0.2) is 36.4 Å². The number of alkyl halides is 6. The second-order valence-corrected chi connectivity index (χ2v) is 10.7. The van der Waals surface area contributed by atoms with Gasteiger partial charge in [0, 0.05) is 38.8 Å². The Hall–Kier alpha value is -2.05. The van der Waals surface area contributed by atoms with Gasteiger partial charge in [-0.1, -0.05) is 29.3 Å². The fraction of sp³-hybridized carbons (Fsp3) is 0.519. The molecule has 5 nitrogen and oxygen atoms in total. The molecule has 1 N–H and O–H groups in total. The monoisotopic (exact) mass is 611 g/mol. The maximum Gasteiger partial charge on any atom is 0.416 e. The number of carbonyl (C=O) groups excluding carboxylic acids is 1. The first-order valence-electron chi connectivity index (χ1n) is 12.9. The molecule has 1 unspecified atom stereocenters. The molecule has 2 aliphatic heterocycles. The van der Waals surface area contributed by atoms with Gasteiger partial charge in [-0.25, -0.2) is 0 Å². The van der Waals surface area contributed by atoms with Gasteiger partial charge in [-0.05, 0) is 61.2 Å². The van der Waals surface area contributed by atoms with Gasteiger partial charge in [0.1, 0.15) is 0 Å². The number of piperidine rings is 1. The van der Waals surface area contributed by atoms with Crippen molar-refractivity contribution in [2.75, 3.05) is 45.9 Å². The van der Waals surface area contributed by atoms with Gasteiger partial charge in [-0.3, -0.25) is 14.6 Å². The summed E-state index contributed by atoms with van der Waals surface area (Å²) in [6, 6.07) is 5.58. The normalized spacial score (nSPS) is 19.8. The van der Waals surface area contributed by atoms with E-state index in [0.717, 1.165) is 13.1 Å². The van der Waals surface area contributed by atoms with Crippen molar-refractivity contribution in [1.82, 2.24) is 15.1 Å². The lowest BCUT2D eigenvalue weighted by Gasteiger charge is -2.48. The third-order valence-electron chi connectivity index (χ3n) is 7.51. The number of ether oxygens (including phenoxy) is 1. The van der Waals surface area contributed by atoms with Crippen molar-refractivity contribution in [3.63, 3.8) is 0 Å². The minimum atomic E-state index is -5.09. The quantitative estimate of drug-likeness (QED) is 0.395. The summed E-state index contributed by atoms with van der Waals surface area (Å²) in [6.45, 7) is 4.79. The second kappa shape index (κ2) is 12.1. The largest absolute Gasteiger partial charge is 0.416 e. The molecule has 2 aromatic carbocycles. The number of hydrogen-bond donors (Lipinski definition) is 1. The predicted molar refractivity (Wildman–Crippen MR) is 139 cm³/mol. The van der Waals surface area contributed by atoms with Gasteiger partial charge in [-0.15, -0.1) is 0 Å². The number of likely N-dealkylation sites (tertiary alicyclic amines) is 1. The first-order chi connectivity index (χ1) is 18.8. The maximum absolute atomic E-state index is 14.0. The number of nitrogens with zero attached hydrogens (tertiary/aromatic N) is 2. The Labute approximate surface area is 238 Å². The summed E-state index contributed by atoms with van der Waals surface area (Å²) in [7, 11) is 0. The van der Waals surface area contributed by atoms with E-state index in [9.17, 15) is 31.1 Å². The predicted octanol–water partition coefficient (Wildman–Crippen LogP) is 6.21. The number of benzene rings is 2. The Kier molecular flexibility index (Phi) is 9.31. The zero-order chi connectivity index (χ0) is 29.3. The molecular formula is C27H29Cl2F6N3O2. The Bertz CT molecular complexity index is 1180. The molecule has 1 amide bonds. The van der Waals surface area contributed by atoms with Crippen LogP contribution in [0.1, 0.15) is 42.0 Å². The minimum absolute atomic E-state index is 0.0130. The van der Waals surface area contributed by atoms with Crippen LogP contribution in [-0.4, -0.2) is 67.7 Å². The minimum Gasteiger partial charge on any atom is -0.379 e. The van der Waals surface area contributed by atoms with E-state index in [-0.39, 0.29) is 47.4 Å². The average molecular weight is 612 g/mol. The molecule has 2 heterocycles. The molecule has 0 aliphatic carbocycles. The van der Waals surface area contributed by atoms with Gasteiger partial charge in [0.05, 0.1) is 34.4 Å². The lowest BCUT2D eigenvalue weighted by molar-refractivity contribution is -0.144. The Balaban J connectivity index is 1.93. The lowest BCUT2D eigenvalue weighted by atomic mass is 9.77. The Morgan fingerprint density at radius 1 is 0.850 bits per heavy atom. The van der Waals surface area contributed by atoms with Crippen molar-refractivity contribution in [3.8, 4) is 0 Å². The molecule has 2 fully saturated rings. The molecule has 4 rings (SSSR count). The highest BCUT2D eigenvalue weighted by atomic mass is 35.5. The zero-order valence-electron chi connectivity index (χ0n) is 21.6. The summed E-state index contributed by atoms with van der Waals surface area (Å²) in [5.74, 6) is -0.759. The molecule has 0 spiro atoms. The van der Waals surface area contributed by atoms with Gasteiger partial charge in [0.2, 0.25) is 5.91 Å². The van der Waals surface area contributed by atoms with Crippen molar-refractivity contribution in [1.29, 1.82) is 0 Å². The summed E-state index contributed by atoms with van der Waals surface area (Å²) >= 11 is 12.4. The Morgan fingerprint density at radius 3 is 1.90 bits per heavy atom. The molecule has 0 aromatic heterocycles. The number of hydrogen-bond acceptors (Lipinski definition) is 4. The maximum atomic E-state index is 14.0. The summed E-state index contributed by atoms with van der Waals surface area (Å²) in [6.07, 6.45) is -9.09. The highest BCUT2D eigenvalue weighted by Gasteiger charge is 2.50. The SMILES string of the molecule is CCNC(=O)C(c1cc(C(F)(F)F)cc(C(F)(F)F)c1)(c1ccc(Cl)c(Cl)c1)N1CCC(N2CCOCC2)CC1. The third-order valence-corrected chi connectivity index (χ3v) is 8.25. The number of amides is 1. The van der Waals surface area contributed by atoms with Crippen LogP contribution in [0.2, 0.25) is 10.0 Å². The van der Waals surface area contributed by atoms with Crippen LogP contribution in [0, 0.1) is 0 Å². The fourth-order valence-corrected chi connectivity index (χ4v) is 5.92. The molecule has 40 heavy (non-hydrogen) atoms. The molecule has 1 atom stereocenters. The van der Waals surface area contributed by atoms with Crippen LogP contribution in [0.5, 0.6) is 0 Å². The third kappa shape index (κ3) is 6.23. The fourth-order valence-electron chi connectivity index (χ4n) is 5.62. The van der Waals surface area contributed by atoms with E-state index in [1.165, 1.54) is 18.2 Å². The Morgan fingerprint density at radius 2 is 1.40 bits per heavy atom. The smallest absolute Gasteiger partial charge is 0.379 e. The van der Waals surface area contributed by atoms with E-state index in [4.69, 9.17) is 27.9 Å². The van der Waals surface area contributed by atoms with E-state index in [0.29, 0.717) is 38.2 Å². The van der Waals surface area contributed by atoms with Crippen molar-refractivity contribution in [2.45, 2.75) is 43.7 Å². The molecule has 0 saturated carbocycles. The van der Waals surface area contributed by atoms with E-state index in [2.05, 4.69) is 10.2 Å². The number of halogens is 8. The standard InChI is InChI=1S/C27H29Cl2F6N3O2/c1-2-36-24(39)25(17-3-4-22(28)23(29)16-17,38-7-5-21(6-8-38)37-9-11-40-12-10-37)18-13-19(26(30,31)32)15-20(14-18)27(33,34)35/h3-4,13-16,21H,2,5-12H2,1H3,(H,36,39). The van der Waals surface area contributed by atoms with Gasteiger partial charge in [0.25, 0.3) is 0 Å². The highest BCUT2D eigenvalue weighted by Crippen LogP contribution is 2.45. The van der Waals surface area contributed by atoms with E-state index in [1.807, 2.05) is 0 Å². The first-order valence-corrected chi connectivity index (χ1v) is 13.6. The van der Waals surface area contributed by atoms with Crippen LogP contribution >= 0.6 is 23.2 Å². The van der Waals surface area contributed by atoms with Crippen LogP contribution in [0.25, 0.3) is 0 Å². The summed E-state index contributed by atoms with van der Waals surface area (Å²) < 4.78 is 89.2. The first kappa shape index (κ1) is 30.9. The lowest BCUT2D eigenvalue weighted by Crippen LogP contribution is -2.61. The van der Waals surface area contributed by atoms with E-state index < -0.39 is 40.5 Å². The van der Waals surface area contributed by atoms with Crippen molar-refractivity contribution in [3.05, 3.63) is 68.7 Å². The molecule has 13 heteroatoms. The number of carbonyl (C=O) groups is 1. The van der Waals surface area contributed by atoms with Gasteiger partial charge >= 0.3 is 12.4 Å². The van der Waals surface area contributed by atoms with Crippen molar-refractivity contribution < 1.29 is 35.9 Å². The number of nitrogens with one attached hydrogen (secondary N) is 1. The van der Waals surface area contributed by atoms with Crippen LogP contribution in [0.3, 0.4) is 0 Å².